The molecule has 0 saturated heterocycles. The Hall–Kier alpha value is -2.64. The Balaban J connectivity index is 2.77. The summed E-state index contributed by atoms with van der Waals surface area (Å²) in [6, 6.07) is 3.11. The Morgan fingerprint density at radius 1 is 0.929 bits per heavy atom. The largest absolute Gasteiger partial charge is 0.490 e. The highest BCUT2D eigenvalue weighted by Gasteiger charge is 2.19. The molecule has 158 valence electrons. The van der Waals surface area contributed by atoms with Crippen molar-refractivity contribution in [1.29, 1.82) is 0 Å². The van der Waals surface area contributed by atoms with E-state index in [9.17, 15) is 9.59 Å². The van der Waals surface area contributed by atoms with Crippen molar-refractivity contribution in [2.45, 2.75) is 47.1 Å². The van der Waals surface area contributed by atoms with Crippen LogP contribution in [0.4, 0.5) is 4.79 Å². The molecule has 0 aliphatic rings. The quantitative estimate of drug-likeness (QED) is 0.477. The Kier molecular flexibility index (Phi) is 9.41. The van der Waals surface area contributed by atoms with Crippen LogP contribution in [0.15, 0.2) is 12.1 Å². The van der Waals surface area contributed by atoms with Gasteiger partial charge in [-0.2, -0.15) is 0 Å². The predicted molar refractivity (Wildman–Crippen MR) is 104 cm³/mol. The summed E-state index contributed by atoms with van der Waals surface area (Å²) in [6.07, 6.45) is -0.568. The van der Waals surface area contributed by atoms with Crippen LogP contribution in [0.5, 0.6) is 17.2 Å². The Labute approximate surface area is 166 Å². The number of benzene rings is 1. The van der Waals surface area contributed by atoms with Crippen molar-refractivity contribution in [2.75, 3.05) is 33.0 Å². The fraction of sp³-hybridized carbons (Fsp3) is 0.600. The number of carbonyl (C=O) groups excluding carboxylic acids is 2. The molecule has 8 nitrogen and oxygen atoms in total. The van der Waals surface area contributed by atoms with E-state index >= 15 is 0 Å². The molecule has 0 heterocycles. The molecule has 1 aromatic rings. The topological polar surface area (TPSA) is 92.3 Å². The van der Waals surface area contributed by atoms with Gasteiger partial charge in [-0.15, -0.1) is 0 Å². The zero-order valence-electron chi connectivity index (χ0n) is 17.5. The molecule has 0 radical (unpaired) electrons. The zero-order valence-corrected chi connectivity index (χ0v) is 17.5. The number of rotatable bonds is 10. The first kappa shape index (κ1) is 23.4. The predicted octanol–water partition coefficient (Wildman–Crippen LogP) is 3.56. The number of ether oxygens (including phenoxy) is 5. The summed E-state index contributed by atoms with van der Waals surface area (Å²) in [5.41, 5.74) is -0.318. The Morgan fingerprint density at radius 3 is 1.93 bits per heavy atom. The van der Waals surface area contributed by atoms with Crippen LogP contribution in [0.1, 0.15) is 51.9 Å². The summed E-state index contributed by atoms with van der Waals surface area (Å²) in [4.78, 5) is 24.0. The molecule has 0 spiro atoms. The number of esters is 1. The first-order chi connectivity index (χ1) is 13.2. The third-order valence-electron chi connectivity index (χ3n) is 3.15. The molecular formula is C20H31NO7. The van der Waals surface area contributed by atoms with Gasteiger partial charge in [-0.3, -0.25) is 0 Å². The smallest absolute Gasteiger partial charge is 0.407 e. The second-order valence-corrected chi connectivity index (χ2v) is 6.67. The summed E-state index contributed by atoms with van der Waals surface area (Å²) < 4.78 is 27.1. The maximum atomic E-state index is 12.4. The molecule has 1 aromatic carbocycles. The zero-order chi connectivity index (χ0) is 21.2. The summed E-state index contributed by atoms with van der Waals surface area (Å²) in [6.45, 7) is 12.2. The standard InChI is InChI=1S/C20H31NO7/c1-7-24-15-12-14(13-16(25-8-2)17(15)26-9-3)18(22)27-11-10-21-19(23)28-20(4,5)6/h12-13H,7-11H2,1-6H3,(H,21,23). The lowest BCUT2D eigenvalue weighted by Crippen LogP contribution is -2.34. The number of carbonyl (C=O) groups is 2. The lowest BCUT2D eigenvalue weighted by molar-refractivity contribution is 0.0433. The third-order valence-corrected chi connectivity index (χ3v) is 3.15. The van der Waals surface area contributed by atoms with Crippen LogP contribution in [0, 0.1) is 0 Å². The number of hydrogen-bond acceptors (Lipinski definition) is 7. The number of amides is 1. The van der Waals surface area contributed by atoms with E-state index in [1.54, 1.807) is 32.9 Å². The van der Waals surface area contributed by atoms with Crippen LogP contribution in [0.2, 0.25) is 0 Å². The molecule has 1 rings (SSSR count). The molecule has 0 bridgehead atoms. The number of alkyl carbamates (subject to hydrolysis) is 1. The van der Waals surface area contributed by atoms with Crippen molar-refractivity contribution in [2.24, 2.45) is 0 Å². The summed E-state index contributed by atoms with van der Waals surface area (Å²) >= 11 is 0. The summed E-state index contributed by atoms with van der Waals surface area (Å²) in [5, 5.41) is 2.53. The van der Waals surface area contributed by atoms with Crippen LogP contribution in [-0.4, -0.2) is 50.6 Å². The van der Waals surface area contributed by atoms with E-state index in [1.165, 1.54) is 0 Å². The molecule has 0 unspecified atom stereocenters. The maximum Gasteiger partial charge on any atom is 0.407 e. The first-order valence-electron chi connectivity index (χ1n) is 9.42. The fourth-order valence-corrected chi connectivity index (χ4v) is 2.20. The Bertz CT molecular complexity index is 625. The highest BCUT2D eigenvalue weighted by molar-refractivity contribution is 5.91. The third kappa shape index (κ3) is 7.94. The Morgan fingerprint density at radius 2 is 1.46 bits per heavy atom. The van der Waals surface area contributed by atoms with Crippen molar-refractivity contribution >= 4 is 12.1 Å². The van der Waals surface area contributed by atoms with Crippen molar-refractivity contribution in [3.05, 3.63) is 17.7 Å². The van der Waals surface area contributed by atoms with Gasteiger partial charge in [-0.25, -0.2) is 9.59 Å². The summed E-state index contributed by atoms with van der Waals surface area (Å²) in [5.74, 6) is 0.716. The molecule has 0 fully saturated rings. The molecule has 0 aliphatic carbocycles. The number of nitrogens with one attached hydrogen (secondary N) is 1. The lowest BCUT2D eigenvalue weighted by Gasteiger charge is -2.19. The highest BCUT2D eigenvalue weighted by Crippen LogP contribution is 2.39. The monoisotopic (exact) mass is 397 g/mol. The molecule has 28 heavy (non-hydrogen) atoms. The van der Waals surface area contributed by atoms with Crippen molar-refractivity contribution in [3.8, 4) is 17.2 Å². The van der Waals surface area contributed by atoms with Crippen LogP contribution in [0.3, 0.4) is 0 Å². The van der Waals surface area contributed by atoms with Crippen LogP contribution in [0.25, 0.3) is 0 Å². The molecule has 8 heteroatoms. The number of hydrogen-bond donors (Lipinski definition) is 1. The minimum absolute atomic E-state index is 0.000770. The van der Waals surface area contributed by atoms with E-state index in [4.69, 9.17) is 23.7 Å². The molecule has 0 saturated carbocycles. The van der Waals surface area contributed by atoms with Gasteiger partial charge in [0.2, 0.25) is 5.75 Å². The molecule has 1 N–H and O–H groups in total. The van der Waals surface area contributed by atoms with E-state index in [0.29, 0.717) is 37.1 Å². The van der Waals surface area contributed by atoms with Crippen molar-refractivity contribution in [3.63, 3.8) is 0 Å². The van der Waals surface area contributed by atoms with Gasteiger partial charge in [0.15, 0.2) is 11.5 Å². The van der Waals surface area contributed by atoms with Gasteiger partial charge in [0, 0.05) is 0 Å². The van der Waals surface area contributed by atoms with E-state index in [2.05, 4.69) is 5.32 Å². The second-order valence-electron chi connectivity index (χ2n) is 6.67. The van der Waals surface area contributed by atoms with E-state index in [-0.39, 0.29) is 18.7 Å². The van der Waals surface area contributed by atoms with Gasteiger partial charge in [0.25, 0.3) is 0 Å². The first-order valence-corrected chi connectivity index (χ1v) is 9.42. The molecular weight excluding hydrogens is 366 g/mol. The highest BCUT2D eigenvalue weighted by atomic mass is 16.6. The van der Waals surface area contributed by atoms with Gasteiger partial charge >= 0.3 is 12.1 Å². The second kappa shape index (κ2) is 11.3. The molecule has 1 amide bonds. The molecule has 0 atom stereocenters. The van der Waals surface area contributed by atoms with Crippen molar-refractivity contribution < 1.29 is 33.3 Å². The normalized spacial score (nSPS) is 10.8. The molecule has 0 aromatic heterocycles. The van der Waals surface area contributed by atoms with E-state index < -0.39 is 17.7 Å². The van der Waals surface area contributed by atoms with Gasteiger partial charge in [-0.1, -0.05) is 0 Å². The minimum atomic E-state index is -0.589. The van der Waals surface area contributed by atoms with E-state index in [1.807, 2.05) is 20.8 Å². The van der Waals surface area contributed by atoms with Crippen LogP contribution in [-0.2, 0) is 9.47 Å². The van der Waals surface area contributed by atoms with Crippen molar-refractivity contribution in [1.82, 2.24) is 5.32 Å². The lowest BCUT2D eigenvalue weighted by atomic mass is 10.2. The fourth-order valence-electron chi connectivity index (χ4n) is 2.20. The van der Waals surface area contributed by atoms with Gasteiger partial charge in [0.05, 0.1) is 31.9 Å². The van der Waals surface area contributed by atoms with Gasteiger partial charge < -0.3 is 29.0 Å². The van der Waals surface area contributed by atoms with Gasteiger partial charge in [0.1, 0.15) is 12.2 Å². The molecule has 0 aliphatic heterocycles. The average Bonchev–Trinajstić information content (AvgIpc) is 2.60. The minimum Gasteiger partial charge on any atom is -0.490 e. The maximum absolute atomic E-state index is 12.4. The van der Waals surface area contributed by atoms with Crippen LogP contribution >= 0.6 is 0 Å². The van der Waals surface area contributed by atoms with Crippen LogP contribution < -0.4 is 19.5 Å². The SMILES string of the molecule is CCOc1cc(C(=O)OCCNC(=O)OC(C)(C)C)cc(OCC)c1OCC. The van der Waals surface area contributed by atoms with Gasteiger partial charge in [-0.05, 0) is 53.7 Å². The van der Waals surface area contributed by atoms with E-state index in [0.717, 1.165) is 0 Å². The summed E-state index contributed by atoms with van der Waals surface area (Å²) in [7, 11) is 0. The average molecular weight is 397 g/mol.